The lowest BCUT2D eigenvalue weighted by Crippen LogP contribution is -2.19. The number of allylic oxidation sites excluding steroid dienone is 5. The van der Waals surface area contributed by atoms with E-state index in [9.17, 15) is 20.1 Å². The van der Waals surface area contributed by atoms with Crippen LogP contribution in [0.1, 0.15) is 51.9 Å². The summed E-state index contributed by atoms with van der Waals surface area (Å²) in [6.45, 7) is 2.17. The van der Waals surface area contributed by atoms with Crippen molar-refractivity contribution in [3.8, 4) is 0 Å². The Hall–Kier alpha value is -1.69. The quantitative estimate of drug-likeness (QED) is 0.219. The van der Waals surface area contributed by atoms with Crippen molar-refractivity contribution < 1.29 is 25.2 Å². The van der Waals surface area contributed by atoms with E-state index >= 15 is 0 Å². The number of carboxylic acid groups (broad SMARTS) is 1. The summed E-state index contributed by atoms with van der Waals surface area (Å²) < 4.78 is 0. The van der Waals surface area contributed by atoms with Crippen molar-refractivity contribution in [3.63, 3.8) is 0 Å². The molecule has 0 amide bonds. The number of hydrogen-bond acceptors (Lipinski definition) is 4. The van der Waals surface area contributed by atoms with Gasteiger partial charge in [0.1, 0.15) is 0 Å². The molecule has 0 fully saturated rings. The van der Waals surface area contributed by atoms with E-state index in [0.717, 1.165) is 6.42 Å². The number of aliphatic hydroxyl groups excluding tert-OH is 3. The lowest BCUT2D eigenvalue weighted by Gasteiger charge is -2.10. The Morgan fingerprint density at radius 2 is 1.56 bits per heavy atom. The number of aliphatic carboxylic acids is 1. The first-order valence-corrected chi connectivity index (χ1v) is 8.88. The molecule has 0 rings (SSSR count). The normalized spacial score (nSPS) is 16.3. The van der Waals surface area contributed by atoms with Crippen LogP contribution in [0.15, 0.2) is 48.6 Å². The van der Waals surface area contributed by atoms with Gasteiger partial charge in [-0.2, -0.15) is 0 Å². The van der Waals surface area contributed by atoms with Gasteiger partial charge in [0.25, 0.3) is 0 Å². The molecule has 0 saturated heterocycles. The van der Waals surface area contributed by atoms with Crippen LogP contribution in [0.25, 0.3) is 0 Å². The van der Waals surface area contributed by atoms with Crippen LogP contribution in [-0.2, 0) is 4.79 Å². The van der Waals surface area contributed by atoms with Crippen LogP contribution < -0.4 is 0 Å². The molecule has 5 nitrogen and oxygen atoms in total. The molecule has 0 unspecified atom stereocenters. The van der Waals surface area contributed by atoms with Crippen molar-refractivity contribution in [2.45, 2.75) is 70.2 Å². The first-order valence-electron chi connectivity index (χ1n) is 8.88. The highest BCUT2D eigenvalue weighted by molar-refractivity contribution is 5.67. The second-order valence-electron chi connectivity index (χ2n) is 5.98. The Labute approximate surface area is 150 Å². The predicted octanol–water partition coefficient (Wildman–Crippen LogP) is 3.13. The van der Waals surface area contributed by atoms with E-state index in [1.807, 2.05) is 6.08 Å². The van der Waals surface area contributed by atoms with Crippen molar-refractivity contribution in [2.75, 3.05) is 0 Å². The van der Waals surface area contributed by atoms with Crippen LogP contribution in [0.4, 0.5) is 0 Å². The monoisotopic (exact) mass is 352 g/mol. The molecule has 0 saturated carbocycles. The fourth-order valence-electron chi connectivity index (χ4n) is 2.10. The van der Waals surface area contributed by atoms with Crippen molar-refractivity contribution in [3.05, 3.63) is 48.6 Å². The van der Waals surface area contributed by atoms with E-state index in [0.29, 0.717) is 6.42 Å². The Balaban J connectivity index is 3.93. The lowest BCUT2D eigenvalue weighted by atomic mass is 10.1. The van der Waals surface area contributed by atoms with Crippen LogP contribution >= 0.6 is 0 Å². The molecule has 0 heterocycles. The predicted molar refractivity (Wildman–Crippen MR) is 100 cm³/mol. The first kappa shape index (κ1) is 23.3. The maximum Gasteiger partial charge on any atom is 0.305 e. The molecule has 5 heteroatoms. The maximum atomic E-state index is 10.4. The molecule has 0 aromatic rings. The van der Waals surface area contributed by atoms with E-state index in [1.54, 1.807) is 30.4 Å². The molecule has 0 aliphatic rings. The van der Waals surface area contributed by atoms with E-state index < -0.39 is 24.3 Å². The lowest BCUT2D eigenvalue weighted by molar-refractivity contribution is -0.139. The number of hydrogen-bond donors (Lipinski definition) is 4. The van der Waals surface area contributed by atoms with E-state index in [1.165, 1.54) is 25.3 Å². The van der Waals surface area contributed by atoms with Gasteiger partial charge in [0, 0.05) is 6.42 Å². The summed E-state index contributed by atoms with van der Waals surface area (Å²) >= 11 is 0. The SMILES string of the molecule is CCCCC/C=C\C[C@H](O)/C=C/C=C/C=C\[C@H](O)C[C@@H](O)CC(=O)O. The second-order valence-corrected chi connectivity index (χ2v) is 5.98. The molecule has 0 aromatic carbocycles. The topological polar surface area (TPSA) is 98.0 Å². The maximum absolute atomic E-state index is 10.4. The van der Waals surface area contributed by atoms with Gasteiger partial charge >= 0.3 is 5.97 Å². The Morgan fingerprint density at radius 1 is 0.920 bits per heavy atom. The first-order chi connectivity index (χ1) is 12.0. The van der Waals surface area contributed by atoms with Crippen molar-refractivity contribution >= 4 is 5.97 Å². The zero-order valence-corrected chi connectivity index (χ0v) is 15.0. The Bertz CT molecular complexity index is 451. The molecule has 0 bridgehead atoms. The van der Waals surface area contributed by atoms with Crippen LogP contribution in [0.5, 0.6) is 0 Å². The number of rotatable bonds is 14. The summed E-state index contributed by atoms with van der Waals surface area (Å²) in [5, 5.41) is 37.3. The molecular formula is C20H32O5. The average Bonchev–Trinajstić information content (AvgIpc) is 2.53. The third kappa shape index (κ3) is 16.9. The Morgan fingerprint density at radius 3 is 2.16 bits per heavy atom. The van der Waals surface area contributed by atoms with Gasteiger partial charge in [0.15, 0.2) is 0 Å². The number of aliphatic hydroxyl groups is 3. The minimum absolute atomic E-state index is 0.0181. The standard InChI is InChI=1S/C20H32O5/c1-2-3-4-5-6-9-12-17(21)13-10-7-8-11-14-18(22)15-19(23)16-20(24)25/h6-11,13-14,17-19,21-23H,2-5,12,15-16H2,1H3,(H,24,25)/b8-7+,9-6-,13-10+,14-11-/t17-,18-,19+/m0/s1. The van der Waals surface area contributed by atoms with Crippen LogP contribution in [0, 0.1) is 0 Å². The van der Waals surface area contributed by atoms with Gasteiger partial charge in [-0.3, -0.25) is 4.79 Å². The van der Waals surface area contributed by atoms with Gasteiger partial charge in [0.05, 0.1) is 24.7 Å². The molecule has 4 N–H and O–H groups in total. The zero-order chi connectivity index (χ0) is 18.9. The van der Waals surface area contributed by atoms with Gasteiger partial charge in [-0.25, -0.2) is 0 Å². The fraction of sp³-hybridized carbons (Fsp3) is 0.550. The molecule has 142 valence electrons. The van der Waals surface area contributed by atoms with Gasteiger partial charge in [-0.05, 0) is 19.3 Å². The Kier molecular flexibility index (Phi) is 14.7. The summed E-state index contributed by atoms with van der Waals surface area (Å²) in [5.74, 6) is -1.09. The van der Waals surface area contributed by atoms with Crippen LogP contribution in [-0.4, -0.2) is 44.7 Å². The van der Waals surface area contributed by atoms with Crippen LogP contribution in [0.2, 0.25) is 0 Å². The van der Waals surface area contributed by atoms with Crippen LogP contribution in [0.3, 0.4) is 0 Å². The molecule has 0 aliphatic heterocycles. The smallest absolute Gasteiger partial charge is 0.305 e. The number of carbonyl (C=O) groups is 1. The molecule has 0 radical (unpaired) electrons. The minimum Gasteiger partial charge on any atom is -0.481 e. The molecular weight excluding hydrogens is 320 g/mol. The second kappa shape index (κ2) is 15.8. The summed E-state index contributed by atoms with van der Waals surface area (Å²) in [6.07, 6.45) is 16.4. The largest absolute Gasteiger partial charge is 0.481 e. The molecule has 25 heavy (non-hydrogen) atoms. The summed E-state index contributed by atoms with van der Waals surface area (Å²) in [6, 6.07) is 0. The van der Waals surface area contributed by atoms with Crippen molar-refractivity contribution in [1.82, 2.24) is 0 Å². The van der Waals surface area contributed by atoms with E-state index in [4.69, 9.17) is 5.11 Å². The van der Waals surface area contributed by atoms with Crippen molar-refractivity contribution in [1.29, 1.82) is 0 Å². The minimum atomic E-state index is -1.09. The van der Waals surface area contributed by atoms with Gasteiger partial charge in [-0.15, -0.1) is 0 Å². The van der Waals surface area contributed by atoms with E-state index in [-0.39, 0.29) is 12.8 Å². The number of unbranched alkanes of at least 4 members (excludes halogenated alkanes) is 3. The average molecular weight is 352 g/mol. The van der Waals surface area contributed by atoms with Gasteiger partial charge in [-0.1, -0.05) is 68.4 Å². The molecule has 0 aliphatic carbocycles. The molecule has 0 spiro atoms. The summed E-state index contributed by atoms with van der Waals surface area (Å²) in [4.78, 5) is 10.4. The van der Waals surface area contributed by atoms with E-state index in [2.05, 4.69) is 13.0 Å². The van der Waals surface area contributed by atoms with Crippen molar-refractivity contribution in [2.24, 2.45) is 0 Å². The highest BCUT2D eigenvalue weighted by atomic mass is 16.4. The third-order valence-corrected chi connectivity index (χ3v) is 3.44. The zero-order valence-electron chi connectivity index (χ0n) is 15.0. The van der Waals surface area contributed by atoms with Gasteiger partial charge < -0.3 is 20.4 Å². The number of carboxylic acids is 1. The van der Waals surface area contributed by atoms with Gasteiger partial charge in [0.2, 0.25) is 0 Å². The molecule has 3 atom stereocenters. The molecule has 0 aromatic heterocycles. The summed E-state index contributed by atoms with van der Waals surface area (Å²) in [5.41, 5.74) is 0. The third-order valence-electron chi connectivity index (χ3n) is 3.44. The highest BCUT2D eigenvalue weighted by Gasteiger charge is 2.12. The summed E-state index contributed by atoms with van der Waals surface area (Å²) in [7, 11) is 0. The highest BCUT2D eigenvalue weighted by Crippen LogP contribution is 2.04. The fourth-order valence-corrected chi connectivity index (χ4v) is 2.10.